The summed E-state index contributed by atoms with van der Waals surface area (Å²) >= 11 is 1.77. The number of benzene rings is 1. The molecule has 0 saturated heterocycles. The number of hydrogen-bond donors (Lipinski definition) is 1. The lowest BCUT2D eigenvalue weighted by Gasteiger charge is -2.19. The number of carbonyl (C=O) groups is 1. The van der Waals surface area contributed by atoms with Crippen molar-refractivity contribution in [3.8, 4) is 11.8 Å². The molecule has 0 aliphatic carbocycles. The molecule has 0 amide bonds. The summed E-state index contributed by atoms with van der Waals surface area (Å²) in [6.45, 7) is 3.28. The van der Waals surface area contributed by atoms with Gasteiger partial charge in [-0.15, -0.1) is 0 Å². The van der Waals surface area contributed by atoms with Crippen molar-refractivity contribution in [1.82, 2.24) is 0 Å². The molecule has 1 aromatic carbocycles. The third kappa shape index (κ3) is 3.57. The van der Waals surface area contributed by atoms with E-state index in [2.05, 4.69) is 0 Å². The van der Waals surface area contributed by atoms with E-state index >= 15 is 0 Å². The monoisotopic (exact) mass is 390 g/mol. The van der Waals surface area contributed by atoms with E-state index in [1.54, 1.807) is 36.4 Å². The van der Waals surface area contributed by atoms with Gasteiger partial charge >= 0.3 is 11.7 Å². The van der Waals surface area contributed by atoms with Crippen LogP contribution in [0.5, 0.6) is 5.75 Å². The molecule has 0 spiro atoms. The summed E-state index contributed by atoms with van der Waals surface area (Å²) in [5.74, 6) is -1.69. The number of hydrogen-bond acceptors (Lipinski definition) is 5. The first kappa shape index (κ1) is 16.2. The largest absolute Gasteiger partial charge is 0.478 e. The van der Waals surface area contributed by atoms with Crippen molar-refractivity contribution in [2.45, 2.75) is 20.0 Å². The summed E-state index contributed by atoms with van der Waals surface area (Å²) in [6, 6.07) is 4.28. The normalized spacial score (nSPS) is 11.8. The van der Waals surface area contributed by atoms with Crippen molar-refractivity contribution in [3.63, 3.8) is 0 Å². The van der Waals surface area contributed by atoms with Crippen LogP contribution in [0.4, 0.5) is 5.69 Å². The molecule has 0 aliphatic heterocycles. The number of carboxylic acid groups (broad SMARTS) is 1. The SMILES string of the molecule is CC(C)C(Oc1c(I)cc(C#N)cc1[N+](=O)[O-])C(=O)O. The summed E-state index contributed by atoms with van der Waals surface area (Å²) in [6.07, 6.45) is -1.20. The number of carboxylic acids is 1. The van der Waals surface area contributed by atoms with Gasteiger partial charge in [0.1, 0.15) is 0 Å². The van der Waals surface area contributed by atoms with Crippen molar-refractivity contribution in [2.75, 3.05) is 0 Å². The summed E-state index contributed by atoms with van der Waals surface area (Å²) < 4.78 is 5.62. The van der Waals surface area contributed by atoms with Gasteiger partial charge in [-0.1, -0.05) is 13.8 Å². The number of rotatable bonds is 5. The molecule has 0 fully saturated rings. The second-order valence-corrected chi connectivity index (χ2v) is 5.46. The Morgan fingerprint density at radius 3 is 2.55 bits per heavy atom. The molecule has 0 heterocycles. The minimum Gasteiger partial charge on any atom is -0.478 e. The molecule has 1 N–H and O–H groups in total. The van der Waals surface area contributed by atoms with Gasteiger partial charge in [-0.3, -0.25) is 10.1 Å². The third-order valence-electron chi connectivity index (χ3n) is 2.44. The summed E-state index contributed by atoms with van der Waals surface area (Å²) in [5, 5.41) is 28.9. The Morgan fingerprint density at radius 2 is 2.15 bits per heavy atom. The van der Waals surface area contributed by atoms with Crippen molar-refractivity contribution in [2.24, 2.45) is 5.92 Å². The Labute approximate surface area is 128 Å². The Balaban J connectivity index is 3.34. The first-order valence-corrected chi connectivity index (χ1v) is 6.63. The van der Waals surface area contributed by atoms with Gasteiger partial charge in [0.2, 0.25) is 5.75 Å². The Hall–Kier alpha value is -1.89. The van der Waals surface area contributed by atoms with Crippen LogP contribution < -0.4 is 4.74 Å². The van der Waals surface area contributed by atoms with Crippen molar-refractivity contribution >= 4 is 34.2 Å². The molecule has 1 unspecified atom stereocenters. The van der Waals surface area contributed by atoms with E-state index < -0.39 is 22.7 Å². The maximum atomic E-state index is 11.1. The first-order valence-electron chi connectivity index (χ1n) is 5.55. The van der Waals surface area contributed by atoms with E-state index in [1.165, 1.54) is 6.07 Å². The second kappa shape index (κ2) is 6.51. The Bertz CT molecular complexity index is 594. The van der Waals surface area contributed by atoms with Crippen LogP contribution in [0.2, 0.25) is 0 Å². The maximum Gasteiger partial charge on any atom is 0.345 e. The lowest BCUT2D eigenvalue weighted by atomic mass is 10.1. The van der Waals surface area contributed by atoms with Gasteiger partial charge in [-0.25, -0.2) is 4.79 Å². The maximum absolute atomic E-state index is 11.1. The van der Waals surface area contributed by atoms with Crippen molar-refractivity contribution in [3.05, 3.63) is 31.4 Å². The van der Waals surface area contributed by atoms with E-state index in [0.29, 0.717) is 3.57 Å². The molecule has 1 rings (SSSR count). The van der Waals surface area contributed by atoms with Gasteiger partial charge in [-0.05, 0) is 28.7 Å². The van der Waals surface area contributed by atoms with E-state index in [9.17, 15) is 14.9 Å². The van der Waals surface area contributed by atoms with Gasteiger partial charge in [0.05, 0.1) is 20.1 Å². The number of ether oxygens (including phenoxy) is 1. The number of nitro benzene ring substituents is 1. The number of halogens is 1. The number of aliphatic carboxylic acids is 1. The zero-order chi connectivity index (χ0) is 15.4. The van der Waals surface area contributed by atoms with Crippen LogP contribution >= 0.6 is 22.6 Å². The van der Waals surface area contributed by atoms with E-state index in [1.807, 2.05) is 6.07 Å². The van der Waals surface area contributed by atoms with Crippen LogP contribution in [-0.4, -0.2) is 22.1 Å². The lowest BCUT2D eigenvalue weighted by Crippen LogP contribution is -2.32. The second-order valence-electron chi connectivity index (χ2n) is 4.30. The predicted octanol–water partition coefficient (Wildman–Crippen LogP) is 2.56. The summed E-state index contributed by atoms with van der Waals surface area (Å²) in [7, 11) is 0. The summed E-state index contributed by atoms with van der Waals surface area (Å²) in [5.41, 5.74) is -0.301. The lowest BCUT2D eigenvalue weighted by molar-refractivity contribution is -0.386. The topological polar surface area (TPSA) is 113 Å². The first-order chi connectivity index (χ1) is 9.27. The zero-order valence-electron chi connectivity index (χ0n) is 10.7. The van der Waals surface area contributed by atoms with Gasteiger partial charge in [-0.2, -0.15) is 5.26 Å². The molecule has 1 aromatic rings. The van der Waals surface area contributed by atoms with Crippen LogP contribution in [-0.2, 0) is 4.79 Å². The number of nitrogens with zero attached hydrogens (tertiary/aromatic N) is 2. The molecule has 1 atom stereocenters. The quantitative estimate of drug-likeness (QED) is 0.470. The predicted molar refractivity (Wildman–Crippen MR) is 77.4 cm³/mol. The van der Waals surface area contributed by atoms with Gasteiger partial charge in [0, 0.05) is 12.0 Å². The van der Waals surface area contributed by atoms with E-state index in [4.69, 9.17) is 15.1 Å². The van der Waals surface area contributed by atoms with Gasteiger partial charge in [0.25, 0.3) is 0 Å². The van der Waals surface area contributed by atoms with E-state index in [-0.39, 0.29) is 17.2 Å². The number of nitro groups is 1. The third-order valence-corrected chi connectivity index (χ3v) is 3.24. The Kier molecular flexibility index (Phi) is 5.26. The van der Waals surface area contributed by atoms with Gasteiger partial charge in [0.15, 0.2) is 6.10 Å². The minimum absolute atomic E-state index is 0.116. The molecule has 0 aliphatic rings. The fourth-order valence-electron chi connectivity index (χ4n) is 1.49. The molecule has 20 heavy (non-hydrogen) atoms. The highest BCUT2D eigenvalue weighted by atomic mass is 127. The smallest absolute Gasteiger partial charge is 0.345 e. The van der Waals surface area contributed by atoms with Crippen LogP contribution in [0.15, 0.2) is 12.1 Å². The number of nitriles is 1. The molecule has 0 aromatic heterocycles. The zero-order valence-corrected chi connectivity index (χ0v) is 12.8. The molecule has 106 valence electrons. The highest BCUT2D eigenvalue weighted by molar-refractivity contribution is 14.1. The Morgan fingerprint density at radius 1 is 1.55 bits per heavy atom. The highest BCUT2D eigenvalue weighted by Crippen LogP contribution is 2.35. The van der Waals surface area contributed by atoms with E-state index in [0.717, 1.165) is 6.07 Å². The van der Waals surface area contributed by atoms with Crippen LogP contribution in [0.25, 0.3) is 0 Å². The summed E-state index contributed by atoms with van der Waals surface area (Å²) in [4.78, 5) is 21.4. The average Bonchev–Trinajstić information content (AvgIpc) is 2.35. The van der Waals surface area contributed by atoms with Crippen LogP contribution in [0, 0.1) is 30.9 Å². The average molecular weight is 390 g/mol. The van der Waals surface area contributed by atoms with Gasteiger partial charge < -0.3 is 9.84 Å². The van der Waals surface area contributed by atoms with Crippen molar-refractivity contribution < 1.29 is 19.6 Å². The standard InChI is InChI=1S/C12H11IN2O5/c1-6(2)10(12(16)17)20-11-8(13)3-7(5-14)4-9(11)15(18)19/h3-4,6,10H,1-2H3,(H,16,17). The van der Waals surface area contributed by atoms with Crippen molar-refractivity contribution in [1.29, 1.82) is 5.26 Å². The fourth-order valence-corrected chi connectivity index (χ4v) is 2.23. The minimum atomic E-state index is -1.20. The molecule has 0 saturated carbocycles. The van der Waals surface area contributed by atoms with Crippen LogP contribution in [0.3, 0.4) is 0 Å². The molecular weight excluding hydrogens is 379 g/mol. The molecule has 0 bridgehead atoms. The fraction of sp³-hybridized carbons (Fsp3) is 0.333. The molecule has 8 heteroatoms. The highest BCUT2D eigenvalue weighted by Gasteiger charge is 2.29. The molecule has 0 radical (unpaired) electrons. The molecular formula is C12H11IN2O5. The molecule has 7 nitrogen and oxygen atoms in total. The van der Waals surface area contributed by atoms with Crippen LogP contribution in [0.1, 0.15) is 19.4 Å².